The fourth-order valence-corrected chi connectivity index (χ4v) is 5.99. The monoisotopic (exact) mass is 543 g/mol. The van der Waals surface area contributed by atoms with Gasteiger partial charge in [-0.1, -0.05) is 109 Å². The van der Waals surface area contributed by atoms with E-state index in [1.165, 1.54) is 0 Å². The van der Waals surface area contributed by atoms with Gasteiger partial charge >= 0.3 is 0 Å². The van der Waals surface area contributed by atoms with Crippen LogP contribution in [0, 0.1) is 0 Å². The summed E-state index contributed by atoms with van der Waals surface area (Å²) in [7, 11) is 0. The van der Waals surface area contributed by atoms with E-state index in [1.807, 2.05) is 83.8 Å². The van der Waals surface area contributed by atoms with Gasteiger partial charge in [0.15, 0.2) is 11.6 Å². The van der Waals surface area contributed by atoms with Gasteiger partial charge in [0.1, 0.15) is 11.2 Å². The van der Waals surface area contributed by atoms with E-state index in [2.05, 4.69) is 24.3 Å². The highest BCUT2D eigenvalue weighted by molar-refractivity contribution is 6.14. The molecule has 0 fully saturated rings. The molecule has 6 aromatic carbocycles. The summed E-state index contributed by atoms with van der Waals surface area (Å²) in [6.45, 7) is 0. The summed E-state index contributed by atoms with van der Waals surface area (Å²) in [6.07, 6.45) is 0. The molecule has 0 amide bonds. The predicted molar refractivity (Wildman–Crippen MR) is 169 cm³/mol. The molecule has 196 valence electrons. The number of hydrogen-bond acceptors (Lipinski definition) is 5. The zero-order valence-corrected chi connectivity index (χ0v) is 22.0. The lowest BCUT2D eigenvalue weighted by Gasteiger charge is -2.32. The summed E-state index contributed by atoms with van der Waals surface area (Å²) in [5, 5.41) is 3.77. The van der Waals surface area contributed by atoms with Crippen molar-refractivity contribution < 1.29 is 11.3 Å². The van der Waals surface area contributed by atoms with Gasteiger partial charge in [-0.05, 0) is 35.2 Å². The topological polar surface area (TPSA) is 55.1 Å². The molecule has 1 aliphatic heterocycles. The second-order valence-electron chi connectivity index (χ2n) is 10.1. The van der Waals surface area contributed by atoms with Crippen LogP contribution < -0.4 is 4.90 Å². The minimum absolute atomic E-state index is 0.0321. The minimum Gasteiger partial charge on any atom is -0.456 e. The first kappa shape index (κ1) is 18.5. The number of rotatable bonds is 3. The molecular formula is C37H22N4O. The zero-order valence-electron chi connectivity index (χ0n) is 27.0. The minimum atomic E-state index is -0.485. The quantitative estimate of drug-likeness (QED) is 0.222. The van der Waals surface area contributed by atoms with Gasteiger partial charge in [0.25, 0.3) is 0 Å². The molecule has 0 saturated carbocycles. The molecule has 0 atom stereocenters. The Hall–Kier alpha value is -5.81. The van der Waals surface area contributed by atoms with Crippen molar-refractivity contribution in [1.29, 1.82) is 0 Å². The first-order chi connectivity index (χ1) is 22.9. The number of furan rings is 1. The Labute approximate surface area is 248 Å². The van der Waals surface area contributed by atoms with Gasteiger partial charge < -0.3 is 4.42 Å². The molecule has 3 heterocycles. The van der Waals surface area contributed by atoms with Crippen LogP contribution in [-0.4, -0.2) is 15.0 Å². The van der Waals surface area contributed by atoms with Crippen LogP contribution in [-0.2, 0) is 0 Å². The maximum absolute atomic E-state index is 8.78. The smallest absolute Gasteiger partial charge is 0.238 e. The normalized spacial score (nSPS) is 13.9. The van der Waals surface area contributed by atoms with E-state index in [0.717, 1.165) is 44.0 Å². The summed E-state index contributed by atoms with van der Waals surface area (Å²) in [5.41, 5.74) is 5.69. The molecule has 0 aliphatic carbocycles. The molecule has 5 nitrogen and oxygen atoms in total. The number of para-hydroxylation sites is 2. The number of hydrogen-bond donors (Lipinski definition) is 0. The molecule has 1 aliphatic rings. The van der Waals surface area contributed by atoms with Crippen molar-refractivity contribution in [3.8, 4) is 33.9 Å². The standard InChI is InChI=1S/C37H22N4O/c1-2-11-24(12-3-1)35-38-36(28-18-10-22-32-34(28)27-16-5-7-21-31(27)42-32)40-37(39-35)41-29-19-6-4-15-25(29)26-17-8-13-23-14-9-20-30(41)33(23)26/h1-22H/i1D,2D,3D,11D,12D. The fraction of sp³-hybridized carbons (Fsp3) is 0. The van der Waals surface area contributed by atoms with Gasteiger partial charge in [0.05, 0.1) is 18.2 Å². The summed E-state index contributed by atoms with van der Waals surface area (Å²) in [6, 6.07) is 31.5. The summed E-state index contributed by atoms with van der Waals surface area (Å²) in [4.78, 5) is 16.8. The Morgan fingerprint density at radius 3 is 2.17 bits per heavy atom. The highest BCUT2D eigenvalue weighted by Crippen LogP contribution is 2.50. The molecule has 0 N–H and O–H groups in total. The molecule has 0 saturated heterocycles. The molecule has 2 aromatic heterocycles. The fourth-order valence-electron chi connectivity index (χ4n) is 5.99. The van der Waals surface area contributed by atoms with Crippen LogP contribution in [0.5, 0.6) is 0 Å². The lowest BCUT2D eigenvalue weighted by molar-refractivity contribution is 0.669. The lowest BCUT2D eigenvalue weighted by Crippen LogP contribution is -2.18. The van der Waals surface area contributed by atoms with Gasteiger partial charge in [0.2, 0.25) is 5.95 Å². The van der Waals surface area contributed by atoms with Crippen LogP contribution in [0.1, 0.15) is 6.85 Å². The largest absolute Gasteiger partial charge is 0.456 e. The van der Waals surface area contributed by atoms with E-state index in [9.17, 15) is 0 Å². The summed E-state index contributed by atoms with van der Waals surface area (Å²) < 4.78 is 48.7. The molecule has 9 rings (SSSR count). The highest BCUT2D eigenvalue weighted by atomic mass is 16.3. The van der Waals surface area contributed by atoms with E-state index in [0.29, 0.717) is 16.7 Å². The van der Waals surface area contributed by atoms with Crippen molar-refractivity contribution in [3.63, 3.8) is 0 Å². The molecule has 42 heavy (non-hydrogen) atoms. The van der Waals surface area contributed by atoms with Crippen LogP contribution in [0.25, 0.3) is 66.6 Å². The molecule has 8 aromatic rings. The van der Waals surface area contributed by atoms with Crippen LogP contribution >= 0.6 is 0 Å². The Bertz CT molecular complexity index is 2580. The average Bonchev–Trinajstić information content (AvgIpc) is 3.49. The summed E-state index contributed by atoms with van der Waals surface area (Å²) in [5.74, 6) is 0.490. The average molecular weight is 544 g/mol. The van der Waals surface area contributed by atoms with Gasteiger partial charge in [-0.15, -0.1) is 0 Å². The SMILES string of the molecule is [2H]c1c([2H])c([2H])c(-c2nc(-c3cccc4oc5ccccc5c34)nc(N3c4ccccc4-c4cccc5cccc3c45)n2)c([2H])c1[2H]. The van der Waals surface area contributed by atoms with Crippen LogP contribution in [0.2, 0.25) is 0 Å². The number of nitrogens with zero attached hydrogens (tertiary/aromatic N) is 4. The van der Waals surface area contributed by atoms with E-state index in [1.54, 1.807) is 0 Å². The molecule has 0 bridgehead atoms. The van der Waals surface area contributed by atoms with E-state index in [4.69, 9.17) is 26.2 Å². The van der Waals surface area contributed by atoms with E-state index >= 15 is 0 Å². The van der Waals surface area contributed by atoms with E-state index in [-0.39, 0.29) is 23.2 Å². The third-order valence-corrected chi connectivity index (χ3v) is 7.75. The maximum atomic E-state index is 8.78. The number of fused-ring (bicyclic) bond motifs is 5. The number of aromatic nitrogens is 3. The predicted octanol–water partition coefficient (Wildman–Crippen LogP) is 9.71. The van der Waals surface area contributed by atoms with Gasteiger partial charge in [-0.25, -0.2) is 4.98 Å². The van der Waals surface area contributed by atoms with Gasteiger partial charge in [-0.2, -0.15) is 9.97 Å². The van der Waals surface area contributed by atoms with Crippen LogP contribution in [0.3, 0.4) is 0 Å². The molecular weight excluding hydrogens is 516 g/mol. The summed E-state index contributed by atoms with van der Waals surface area (Å²) >= 11 is 0. The highest BCUT2D eigenvalue weighted by Gasteiger charge is 2.28. The zero-order chi connectivity index (χ0) is 32.0. The van der Waals surface area contributed by atoms with Crippen LogP contribution in [0.15, 0.2) is 138 Å². The van der Waals surface area contributed by atoms with Crippen molar-refractivity contribution in [2.45, 2.75) is 0 Å². The number of anilines is 3. The van der Waals surface area contributed by atoms with E-state index < -0.39 is 30.2 Å². The third-order valence-electron chi connectivity index (χ3n) is 7.75. The van der Waals surface area contributed by atoms with Gasteiger partial charge in [0, 0.05) is 32.8 Å². The van der Waals surface area contributed by atoms with Crippen molar-refractivity contribution in [2.24, 2.45) is 0 Å². The second kappa shape index (κ2) is 8.85. The first-order valence-corrected chi connectivity index (χ1v) is 13.6. The van der Waals surface area contributed by atoms with Crippen LogP contribution in [0.4, 0.5) is 17.3 Å². The van der Waals surface area contributed by atoms with Crippen molar-refractivity contribution >= 4 is 50.0 Å². The van der Waals surface area contributed by atoms with Crippen molar-refractivity contribution in [2.75, 3.05) is 4.90 Å². The molecule has 5 heteroatoms. The molecule has 0 unspecified atom stereocenters. The van der Waals surface area contributed by atoms with Crippen molar-refractivity contribution in [3.05, 3.63) is 133 Å². The van der Waals surface area contributed by atoms with Gasteiger partial charge in [-0.3, -0.25) is 4.90 Å². The molecule has 0 radical (unpaired) electrons. The Balaban J connectivity index is 1.40. The third kappa shape index (κ3) is 3.34. The molecule has 0 spiro atoms. The first-order valence-electron chi connectivity index (χ1n) is 16.1. The Morgan fingerprint density at radius 1 is 0.548 bits per heavy atom. The van der Waals surface area contributed by atoms with Crippen molar-refractivity contribution in [1.82, 2.24) is 15.0 Å². The second-order valence-corrected chi connectivity index (χ2v) is 10.1. The Kier molecular flexibility index (Phi) is 3.90. The maximum Gasteiger partial charge on any atom is 0.238 e. The lowest BCUT2D eigenvalue weighted by atomic mass is 9.91. The Morgan fingerprint density at radius 2 is 1.24 bits per heavy atom. The number of benzene rings is 6.